The van der Waals surface area contributed by atoms with Crippen LogP contribution in [0, 0.1) is 0 Å². The van der Waals surface area contributed by atoms with Crippen molar-refractivity contribution in [3.63, 3.8) is 0 Å². The Kier molecular flexibility index (Phi) is 4.05. The van der Waals surface area contributed by atoms with E-state index in [2.05, 4.69) is 56.0 Å². The van der Waals surface area contributed by atoms with Gasteiger partial charge in [-0.1, -0.05) is 30.3 Å². The molecule has 0 atom stereocenters. The van der Waals surface area contributed by atoms with E-state index in [-0.39, 0.29) is 5.54 Å². The monoisotopic (exact) mass is 244 g/mol. The molecule has 1 aromatic carbocycles. The molecule has 18 heavy (non-hydrogen) atoms. The molecule has 0 unspecified atom stereocenters. The first kappa shape index (κ1) is 13.1. The number of nitrogens with zero attached hydrogens (tertiary/aromatic N) is 2. The van der Waals surface area contributed by atoms with Gasteiger partial charge in [0.1, 0.15) is 5.84 Å². The van der Waals surface area contributed by atoms with Crippen molar-refractivity contribution >= 4 is 5.84 Å². The van der Waals surface area contributed by atoms with Crippen LogP contribution in [0.1, 0.15) is 45.6 Å². The van der Waals surface area contributed by atoms with Crippen molar-refractivity contribution in [1.82, 2.24) is 4.90 Å². The maximum atomic E-state index is 4.95. The highest BCUT2D eigenvalue weighted by molar-refractivity contribution is 5.99. The van der Waals surface area contributed by atoms with Crippen molar-refractivity contribution in [1.29, 1.82) is 0 Å². The molecule has 1 aliphatic rings. The summed E-state index contributed by atoms with van der Waals surface area (Å²) in [6, 6.07) is 10.6. The van der Waals surface area contributed by atoms with Crippen LogP contribution in [0.3, 0.4) is 0 Å². The molecule has 0 N–H and O–H groups in total. The lowest BCUT2D eigenvalue weighted by Gasteiger charge is -2.32. The molecule has 1 heterocycles. The number of amidine groups is 1. The van der Waals surface area contributed by atoms with Crippen molar-refractivity contribution in [2.24, 2.45) is 4.99 Å². The number of rotatable bonds is 1. The van der Waals surface area contributed by atoms with Crippen molar-refractivity contribution in [3.8, 4) is 0 Å². The highest BCUT2D eigenvalue weighted by Crippen LogP contribution is 2.17. The number of likely N-dealkylation sites (tertiary alicyclic amines) is 1. The van der Waals surface area contributed by atoms with Crippen LogP contribution in [-0.4, -0.2) is 29.4 Å². The first-order valence-electron chi connectivity index (χ1n) is 6.96. The van der Waals surface area contributed by atoms with E-state index in [1.54, 1.807) is 0 Å². The summed E-state index contributed by atoms with van der Waals surface area (Å²) in [6.07, 6.45) is 3.93. The number of hydrogen-bond donors (Lipinski definition) is 0. The minimum atomic E-state index is -0.0252. The van der Waals surface area contributed by atoms with E-state index in [0.29, 0.717) is 0 Å². The molecule has 0 aromatic heterocycles. The second-order valence-electron chi connectivity index (χ2n) is 6.02. The van der Waals surface area contributed by atoms with Crippen LogP contribution in [0.2, 0.25) is 0 Å². The van der Waals surface area contributed by atoms with E-state index in [9.17, 15) is 0 Å². The van der Waals surface area contributed by atoms with E-state index in [1.165, 1.54) is 30.7 Å². The summed E-state index contributed by atoms with van der Waals surface area (Å²) in [7, 11) is 0. The first-order valence-corrected chi connectivity index (χ1v) is 6.96. The second-order valence-corrected chi connectivity index (χ2v) is 6.02. The average molecular weight is 244 g/mol. The van der Waals surface area contributed by atoms with Gasteiger partial charge in [-0.2, -0.15) is 0 Å². The van der Waals surface area contributed by atoms with Crippen molar-refractivity contribution in [2.75, 3.05) is 13.1 Å². The molecule has 0 amide bonds. The molecule has 0 saturated carbocycles. The highest BCUT2D eigenvalue weighted by atomic mass is 15.2. The van der Waals surface area contributed by atoms with E-state index in [0.717, 1.165) is 13.1 Å². The molecular weight excluding hydrogens is 220 g/mol. The zero-order valence-electron chi connectivity index (χ0n) is 11.8. The molecular formula is C16H24N2. The van der Waals surface area contributed by atoms with Gasteiger partial charge in [0.15, 0.2) is 0 Å². The third-order valence-electron chi connectivity index (χ3n) is 3.13. The van der Waals surface area contributed by atoms with Crippen molar-refractivity contribution in [2.45, 2.75) is 45.6 Å². The standard InChI is InChI=1S/C16H24N2/c1-16(2,3)17-15(14-10-6-4-7-11-14)18-12-8-5-9-13-18/h4,6-7,10-11H,5,8-9,12-13H2,1-3H3. The van der Waals surface area contributed by atoms with Crippen LogP contribution >= 0.6 is 0 Å². The lowest BCUT2D eigenvalue weighted by molar-refractivity contribution is 0.338. The largest absolute Gasteiger partial charge is 0.356 e. The highest BCUT2D eigenvalue weighted by Gasteiger charge is 2.19. The number of piperidine rings is 1. The Hall–Kier alpha value is -1.31. The molecule has 2 nitrogen and oxygen atoms in total. The van der Waals surface area contributed by atoms with E-state index in [1.807, 2.05) is 0 Å². The average Bonchev–Trinajstić information content (AvgIpc) is 2.37. The molecule has 2 rings (SSSR count). The number of hydrogen-bond acceptors (Lipinski definition) is 1. The minimum Gasteiger partial charge on any atom is -0.356 e. The Bertz CT molecular complexity index is 395. The fraction of sp³-hybridized carbons (Fsp3) is 0.562. The van der Waals surface area contributed by atoms with Crippen LogP contribution < -0.4 is 0 Å². The normalized spacial score (nSPS) is 17.9. The molecule has 0 aliphatic carbocycles. The Labute approximate surface area is 111 Å². The van der Waals surface area contributed by atoms with Gasteiger partial charge in [0, 0.05) is 18.7 Å². The van der Waals surface area contributed by atoms with Gasteiger partial charge >= 0.3 is 0 Å². The summed E-state index contributed by atoms with van der Waals surface area (Å²) in [5, 5.41) is 0. The smallest absolute Gasteiger partial charge is 0.131 e. The third-order valence-corrected chi connectivity index (χ3v) is 3.13. The lowest BCUT2D eigenvalue weighted by atomic mass is 10.1. The van der Waals surface area contributed by atoms with Crippen molar-refractivity contribution < 1.29 is 0 Å². The van der Waals surface area contributed by atoms with Gasteiger partial charge in [-0.05, 0) is 40.0 Å². The first-order chi connectivity index (χ1) is 8.56. The molecule has 1 aliphatic heterocycles. The van der Waals surface area contributed by atoms with E-state index >= 15 is 0 Å². The van der Waals surface area contributed by atoms with Gasteiger partial charge in [0.05, 0.1) is 5.54 Å². The van der Waals surface area contributed by atoms with E-state index in [4.69, 9.17) is 4.99 Å². The summed E-state index contributed by atoms with van der Waals surface area (Å²) in [6.45, 7) is 8.78. The predicted molar refractivity (Wildman–Crippen MR) is 78.2 cm³/mol. The zero-order chi connectivity index (χ0) is 13.0. The van der Waals surface area contributed by atoms with E-state index < -0.39 is 0 Å². The summed E-state index contributed by atoms with van der Waals surface area (Å²) in [4.78, 5) is 7.39. The summed E-state index contributed by atoms with van der Waals surface area (Å²) in [5.74, 6) is 1.17. The van der Waals surface area contributed by atoms with Gasteiger partial charge in [-0.3, -0.25) is 4.99 Å². The number of benzene rings is 1. The molecule has 0 bridgehead atoms. The van der Waals surface area contributed by atoms with Crippen LogP contribution in [0.15, 0.2) is 35.3 Å². The van der Waals surface area contributed by atoms with Crippen molar-refractivity contribution in [3.05, 3.63) is 35.9 Å². The predicted octanol–water partition coefficient (Wildman–Crippen LogP) is 3.72. The Balaban J connectivity index is 2.31. The second kappa shape index (κ2) is 5.55. The molecule has 0 spiro atoms. The fourth-order valence-corrected chi connectivity index (χ4v) is 2.33. The molecule has 1 aromatic rings. The summed E-state index contributed by atoms with van der Waals surface area (Å²) < 4.78 is 0. The Morgan fingerprint density at radius 3 is 2.17 bits per heavy atom. The maximum Gasteiger partial charge on any atom is 0.131 e. The third kappa shape index (κ3) is 3.59. The maximum absolute atomic E-state index is 4.95. The van der Waals surface area contributed by atoms with Crippen LogP contribution in [-0.2, 0) is 0 Å². The molecule has 0 radical (unpaired) electrons. The molecule has 2 heteroatoms. The Morgan fingerprint density at radius 2 is 1.61 bits per heavy atom. The molecule has 1 fully saturated rings. The fourth-order valence-electron chi connectivity index (χ4n) is 2.33. The quantitative estimate of drug-likeness (QED) is 0.543. The van der Waals surface area contributed by atoms with Gasteiger partial charge in [0.25, 0.3) is 0 Å². The minimum absolute atomic E-state index is 0.0252. The zero-order valence-corrected chi connectivity index (χ0v) is 11.8. The summed E-state index contributed by atoms with van der Waals surface area (Å²) >= 11 is 0. The SMILES string of the molecule is CC(C)(C)N=C(c1ccccc1)N1CCCCC1. The molecule has 1 saturated heterocycles. The number of aliphatic imine (C=N–C) groups is 1. The lowest BCUT2D eigenvalue weighted by Crippen LogP contribution is -2.37. The van der Waals surface area contributed by atoms with Gasteiger partial charge < -0.3 is 4.90 Å². The van der Waals surface area contributed by atoms with Gasteiger partial charge in [0.2, 0.25) is 0 Å². The van der Waals surface area contributed by atoms with Crippen LogP contribution in [0.5, 0.6) is 0 Å². The summed E-state index contributed by atoms with van der Waals surface area (Å²) in [5.41, 5.74) is 1.22. The van der Waals surface area contributed by atoms with Gasteiger partial charge in [-0.25, -0.2) is 0 Å². The Morgan fingerprint density at radius 1 is 1.00 bits per heavy atom. The topological polar surface area (TPSA) is 15.6 Å². The van der Waals surface area contributed by atoms with Crippen LogP contribution in [0.25, 0.3) is 0 Å². The van der Waals surface area contributed by atoms with Crippen LogP contribution in [0.4, 0.5) is 0 Å². The van der Waals surface area contributed by atoms with Gasteiger partial charge in [-0.15, -0.1) is 0 Å². The molecule has 98 valence electrons.